The number of alkyl halides is 3. The van der Waals surface area contributed by atoms with Gasteiger partial charge in [-0.15, -0.1) is 0 Å². The van der Waals surface area contributed by atoms with Gasteiger partial charge < -0.3 is 5.73 Å². The third kappa shape index (κ3) is 6.64. The highest BCUT2D eigenvalue weighted by atomic mass is 19.4. The summed E-state index contributed by atoms with van der Waals surface area (Å²) >= 11 is 0. The predicted molar refractivity (Wildman–Crippen MR) is 69.7 cm³/mol. The smallest absolute Gasteiger partial charge is 0.402 e. The summed E-state index contributed by atoms with van der Waals surface area (Å²) < 4.78 is 36.6. The van der Waals surface area contributed by atoms with Crippen LogP contribution in [0.5, 0.6) is 0 Å². The molecule has 0 saturated carbocycles. The number of nitrogens with two attached hydrogens (primary N) is 1. The summed E-state index contributed by atoms with van der Waals surface area (Å²) in [5.74, 6) is -0.409. The zero-order chi connectivity index (χ0) is 15.1. The van der Waals surface area contributed by atoms with Crippen LogP contribution in [0.3, 0.4) is 0 Å². The maximum absolute atomic E-state index is 12.2. The van der Waals surface area contributed by atoms with Crippen LogP contribution in [0.1, 0.15) is 43.1 Å². The molecule has 0 unspecified atom stereocenters. The summed E-state index contributed by atoms with van der Waals surface area (Å²) in [5, 5.41) is 0. The quantitative estimate of drug-likeness (QED) is 0.649. The van der Waals surface area contributed by atoms with Crippen molar-refractivity contribution < 1.29 is 18.0 Å². The zero-order valence-electron chi connectivity index (χ0n) is 11.2. The lowest BCUT2D eigenvalue weighted by Crippen LogP contribution is -2.06. The maximum Gasteiger partial charge on any atom is 0.416 e. The molecule has 0 heterocycles. The first-order chi connectivity index (χ1) is 8.72. The molecule has 5 heteroatoms. The number of allylic oxidation sites excluding steroid dienone is 2. The molecule has 0 saturated heterocycles. The molecule has 0 spiro atoms. The molecule has 0 bridgehead atoms. The van der Waals surface area contributed by atoms with Crippen LogP contribution in [0.15, 0.2) is 36.0 Å². The Bertz CT molecular complexity index is 429. The summed E-state index contributed by atoms with van der Waals surface area (Å²) in [5.41, 5.74) is 5.00. The van der Waals surface area contributed by atoms with Crippen molar-refractivity contribution in [2.24, 2.45) is 5.73 Å². The minimum absolute atomic E-state index is 0.179. The van der Waals surface area contributed by atoms with Crippen molar-refractivity contribution >= 4 is 5.78 Å². The molecule has 0 aliphatic rings. The molecule has 1 rings (SSSR count). The van der Waals surface area contributed by atoms with E-state index in [0.29, 0.717) is 5.70 Å². The molecule has 106 valence electrons. The third-order valence-corrected chi connectivity index (χ3v) is 1.86. The Labute approximate surface area is 111 Å². The molecule has 0 fully saturated rings. The first-order valence-corrected chi connectivity index (χ1v) is 5.87. The van der Waals surface area contributed by atoms with Crippen molar-refractivity contribution in [3.63, 3.8) is 0 Å². The van der Waals surface area contributed by atoms with Crippen molar-refractivity contribution in [3.8, 4) is 0 Å². The molecule has 0 amide bonds. The second-order valence-corrected chi connectivity index (χ2v) is 4.03. The molecule has 0 atom stereocenters. The van der Waals surface area contributed by atoms with Gasteiger partial charge in [0.1, 0.15) is 0 Å². The average molecular weight is 273 g/mol. The van der Waals surface area contributed by atoms with Gasteiger partial charge in [-0.3, -0.25) is 4.79 Å². The van der Waals surface area contributed by atoms with Gasteiger partial charge in [0.15, 0.2) is 5.78 Å². The number of carbonyl (C=O) groups is 1. The molecule has 0 aromatic heterocycles. The summed E-state index contributed by atoms with van der Waals surface area (Å²) in [6.45, 7) is 5.78. The second kappa shape index (κ2) is 7.61. The molecule has 1 aromatic rings. The van der Waals surface area contributed by atoms with Gasteiger partial charge in [-0.2, -0.15) is 13.2 Å². The lowest BCUT2D eigenvalue weighted by molar-refractivity contribution is -0.137. The van der Waals surface area contributed by atoms with Gasteiger partial charge in [0.2, 0.25) is 0 Å². The van der Waals surface area contributed by atoms with E-state index in [1.54, 1.807) is 0 Å². The van der Waals surface area contributed by atoms with Crippen molar-refractivity contribution in [3.05, 3.63) is 47.2 Å². The fourth-order valence-electron chi connectivity index (χ4n) is 1.11. The van der Waals surface area contributed by atoms with Gasteiger partial charge in [0.05, 0.1) is 5.56 Å². The van der Waals surface area contributed by atoms with Crippen molar-refractivity contribution in [1.29, 1.82) is 0 Å². The molecule has 2 nitrogen and oxygen atoms in total. The summed E-state index contributed by atoms with van der Waals surface area (Å²) in [6.07, 6.45) is -1.97. The topological polar surface area (TPSA) is 43.1 Å². The lowest BCUT2D eigenvalue weighted by atomic mass is 10.1. The Hall–Kier alpha value is -1.78. The molecular formula is C14H18F3NO. The number of carbonyl (C=O) groups excluding carboxylic acids is 1. The van der Waals surface area contributed by atoms with E-state index in [0.717, 1.165) is 24.3 Å². The van der Waals surface area contributed by atoms with Gasteiger partial charge in [0, 0.05) is 17.3 Å². The van der Waals surface area contributed by atoms with Gasteiger partial charge in [-0.1, -0.05) is 32.4 Å². The summed E-state index contributed by atoms with van der Waals surface area (Å²) in [6, 6.07) is 4.00. The standard InChI is InChI=1S/C11H10F3NO.C3H8/c1-7(15)6-10(16)8-2-4-9(5-3-8)11(12,13)14;1-3-2/h2-6H,15H2,1H3;3H2,1-2H3/b7-6+;. The van der Waals surface area contributed by atoms with Crippen LogP contribution in [0.25, 0.3) is 0 Å². The van der Waals surface area contributed by atoms with E-state index in [1.165, 1.54) is 19.4 Å². The fourth-order valence-corrected chi connectivity index (χ4v) is 1.11. The molecule has 0 aliphatic carbocycles. The Morgan fingerprint density at radius 3 is 1.95 bits per heavy atom. The minimum atomic E-state index is -4.39. The highest BCUT2D eigenvalue weighted by Crippen LogP contribution is 2.29. The van der Waals surface area contributed by atoms with Crippen LogP contribution in [0.2, 0.25) is 0 Å². The highest BCUT2D eigenvalue weighted by molar-refractivity contribution is 6.04. The van der Waals surface area contributed by atoms with E-state index in [-0.39, 0.29) is 5.56 Å². The molecule has 2 N–H and O–H groups in total. The predicted octanol–water partition coefficient (Wildman–Crippen LogP) is 4.17. The summed E-state index contributed by atoms with van der Waals surface area (Å²) in [7, 11) is 0. The van der Waals surface area contributed by atoms with Crippen LogP contribution < -0.4 is 5.73 Å². The first-order valence-electron chi connectivity index (χ1n) is 5.87. The number of rotatable bonds is 2. The van der Waals surface area contributed by atoms with E-state index in [2.05, 4.69) is 13.8 Å². The highest BCUT2D eigenvalue weighted by Gasteiger charge is 2.30. The van der Waals surface area contributed by atoms with E-state index in [4.69, 9.17) is 5.73 Å². The van der Waals surface area contributed by atoms with Gasteiger partial charge in [0.25, 0.3) is 0 Å². The van der Waals surface area contributed by atoms with Crippen LogP contribution >= 0.6 is 0 Å². The van der Waals surface area contributed by atoms with Gasteiger partial charge >= 0.3 is 6.18 Å². The van der Waals surface area contributed by atoms with Crippen molar-refractivity contribution in [2.75, 3.05) is 0 Å². The second-order valence-electron chi connectivity index (χ2n) is 4.03. The number of ketones is 1. The third-order valence-electron chi connectivity index (χ3n) is 1.86. The Morgan fingerprint density at radius 1 is 1.21 bits per heavy atom. The number of hydrogen-bond acceptors (Lipinski definition) is 2. The molecular weight excluding hydrogens is 255 g/mol. The Morgan fingerprint density at radius 2 is 1.63 bits per heavy atom. The van der Waals surface area contributed by atoms with E-state index >= 15 is 0 Å². The largest absolute Gasteiger partial charge is 0.416 e. The van der Waals surface area contributed by atoms with E-state index in [9.17, 15) is 18.0 Å². The molecule has 19 heavy (non-hydrogen) atoms. The number of hydrogen-bond donors (Lipinski definition) is 1. The number of halogens is 3. The fraction of sp³-hybridized carbons (Fsp3) is 0.357. The monoisotopic (exact) mass is 273 g/mol. The van der Waals surface area contributed by atoms with Crippen LogP contribution in [0.4, 0.5) is 13.2 Å². The van der Waals surface area contributed by atoms with Gasteiger partial charge in [-0.25, -0.2) is 0 Å². The molecule has 0 radical (unpaired) electrons. The van der Waals surface area contributed by atoms with E-state index < -0.39 is 17.5 Å². The normalized spacial score (nSPS) is 11.6. The maximum atomic E-state index is 12.2. The zero-order valence-corrected chi connectivity index (χ0v) is 11.2. The SMILES string of the molecule is C/C(N)=C\C(=O)c1ccc(C(F)(F)F)cc1.CCC. The molecule has 1 aromatic carbocycles. The lowest BCUT2D eigenvalue weighted by Gasteiger charge is -2.06. The average Bonchev–Trinajstić information content (AvgIpc) is 2.28. The van der Waals surface area contributed by atoms with E-state index in [1.807, 2.05) is 0 Å². The van der Waals surface area contributed by atoms with Crippen LogP contribution in [0, 0.1) is 0 Å². The van der Waals surface area contributed by atoms with Crippen molar-refractivity contribution in [1.82, 2.24) is 0 Å². The first kappa shape index (κ1) is 17.2. The summed E-state index contributed by atoms with van der Waals surface area (Å²) in [4.78, 5) is 11.4. The van der Waals surface area contributed by atoms with Crippen LogP contribution in [-0.2, 0) is 6.18 Å². The van der Waals surface area contributed by atoms with Crippen molar-refractivity contribution in [2.45, 2.75) is 33.4 Å². The van der Waals surface area contributed by atoms with Gasteiger partial charge in [-0.05, 0) is 19.1 Å². The Kier molecular flexibility index (Phi) is 6.90. The Balaban J connectivity index is 0.000000982. The molecule has 0 aliphatic heterocycles. The minimum Gasteiger partial charge on any atom is -0.402 e. The number of benzene rings is 1. The van der Waals surface area contributed by atoms with Crippen LogP contribution in [-0.4, -0.2) is 5.78 Å².